The summed E-state index contributed by atoms with van der Waals surface area (Å²) in [6, 6.07) is 2.40. The maximum Gasteiger partial charge on any atom is 0.00772 e. The van der Waals surface area contributed by atoms with Crippen LogP contribution >= 0.6 is 11.3 Å². The lowest BCUT2D eigenvalue weighted by Gasteiger charge is -2.18. The summed E-state index contributed by atoms with van der Waals surface area (Å²) >= 11 is 2.02. The highest BCUT2D eigenvalue weighted by atomic mass is 32.1. The zero-order chi connectivity index (χ0) is 16.3. The van der Waals surface area contributed by atoms with Crippen molar-refractivity contribution in [2.24, 2.45) is 17.3 Å². The molecule has 0 N–H and O–H groups in total. The molecule has 0 aliphatic heterocycles. The zero-order valence-corrected chi connectivity index (χ0v) is 15.9. The van der Waals surface area contributed by atoms with Gasteiger partial charge in [-0.05, 0) is 61.5 Å². The van der Waals surface area contributed by atoms with Crippen LogP contribution in [-0.2, 0) is 12.8 Å². The van der Waals surface area contributed by atoms with Crippen molar-refractivity contribution in [3.05, 3.63) is 45.7 Å². The summed E-state index contributed by atoms with van der Waals surface area (Å²) in [6.45, 7) is 15.8. The van der Waals surface area contributed by atoms with Crippen molar-refractivity contribution in [2.45, 2.75) is 66.7 Å². The standard InChI is InChI=1S/C21H32S/c1-7-8-20-16(3)12-19(22-20)11-15(2)9-10-18-13-17(4)21(5,6)14-18/h9-10,12,15,18H,4,7-8,11,13-14H2,1-3,5-6H3/b10-9+. The monoisotopic (exact) mass is 316 g/mol. The van der Waals surface area contributed by atoms with Crippen LogP contribution in [0, 0.1) is 24.2 Å². The van der Waals surface area contributed by atoms with Gasteiger partial charge >= 0.3 is 0 Å². The summed E-state index contributed by atoms with van der Waals surface area (Å²) in [4.78, 5) is 3.14. The number of rotatable bonds is 6. The van der Waals surface area contributed by atoms with Crippen LogP contribution < -0.4 is 0 Å². The van der Waals surface area contributed by atoms with Crippen molar-refractivity contribution in [1.29, 1.82) is 0 Å². The summed E-state index contributed by atoms with van der Waals surface area (Å²) < 4.78 is 0. The SMILES string of the molecule is C=C1CC(/C=C/C(C)Cc2cc(C)c(CCC)s2)CC1(C)C. The molecule has 0 radical (unpaired) electrons. The van der Waals surface area contributed by atoms with E-state index in [1.165, 1.54) is 43.2 Å². The van der Waals surface area contributed by atoms with Crippen LogP contribution in [0.3, 0.4) is 0 Å². The molecular formula is C21H32S. The third-order valence-electron chi connectivity index (χ3n) is 5.02. The minimum Gasteiger partial charge on any atom is -0.145 e. The van der Waals surface area contributed by atoms with Crippen LogP contribution in [-0.4, -0.2) is 0 Å². The van der Waals surface area contributed by atoms with Gasteiger partial charge in [-0.2, -0.15) is 0 Å². The Hall–Kier alpha value is -0.820. The van der Waals surface area contributed by atoms with Crippen LogP contribution in [0.5, 0.6) is 0 Å². The van der Waals surface area contributed by atoms with Crippen LogP contribution in [0.4, 0.5) is 0 Å². The molecule has 1 aromatic rings. The van der Waals surface area contributed by atoms with Crippen LogP contribution in [0.2, 0.25) is 0 Å². The van der Waals surface area contributed by atoms with E-state index in [4.69, 9.17) is 0 Å². The molecule has 0 amide bonds. The normalized spacial score (nSPS) is 22.6. The molecular weight excluding hydrogens is 284 g/mol. The number of hydrogen-bond acceptors (Lipinski definition) is 1. The van der Waals surface area contributed by atoms with Gasteiger partial charge in [-0.25, -0.2) is 0 Å². The fourth-order valence-corrected chi connectivity index (χ4v) is 4.92. The molecule has 0 bridgehead atoms. The first-order chi connectivity index (χ1) is 10.3. The first-order valence-electron chi connectivity index (χ1n) is 8.76. The molecule has 1 heterocycles. The van der Waals surface area contributed by atoms with Crippen molar-refractivity contribution >= 4 is 11.3 Å². The summed E-state index contributed by atoms with van der Waals surface area (Å²) in [5.41, 5.74) is 3.25. The molecule has 0 saturated heterocycles. The molecule has 2 unspecified atom stereocenters. The summed E-state index contributed by atoms with van der Waals surface area (Å²) in [7, 11) is 0. The second-order valence-electron chi connectivity index (χ2n) is 7.79. The maximum absolute atomic E-state index is 4.25. The first kappa shape index (κ1) is 17.5. The van der Waals surface area contributed by atoms with Gasteiger partial charge in [0.25, 0.3) is 0 Å². The smallest absolute Gasteiger partial charge is 0.00772 e. The van der Waals surface area contributed by atoms with Crippen molar-refractivity contribution < 1.29 is 0 Å². The second kappa shape index (κ2) is 7.17. The Morgan fingerprint density at radius 2 is 2.18 bits per heavy atom. The Morgan fingerprint density at radius 3 is 2.77 bits per heavy atom. The summed E-state index contributed by atoms with van der Waals surface area (Å²) in [5, 5.41) is 0. The van der Waals surface area contributed by atoms with Gasteiger partial charge in [0.15, 0.2) is 0 Å². The maximum atomic E-state index is 4.25. The van der Waals surface area contributed by atoms with E-state index in [1.54, 1.807) is 9.75 Å². The van der Waals surface area contributed by atoms with E-state index in [-0.39, 0.29) is 0 Å². The Morgan fingerprint density at radius 1 is 1.45 bits per heavy atom. The number of hydrogen-bond donors (Lipinski definition) is 0. The van der Waals surface area contributed by atoms with Crippen molar-refractivity contribution in [2.75, 3.05) is 0 Å². The van der Waals surface area contributed by atoms with Gasteiger partial charge in [0.05, 0.1) is 0 Å². The van der Waals surface area contributed by atoms with E-state index < -0.39 is 0 Å². The minimum absolute atomic E-state index is 0.332. The largest absolute Gasteiger partial charge is 0.145 e. The van der Waals surface area contributed by atoms with E-state index in [0.29, 0.717) is 17.3 Å². The molecule has 0 spiro atoms. The molecule has 2 atom stereocenters. The van der Waals surface area contributed by atoms with Gasteiger partial charge < -0.3 is 0 Å². The van der Waals surface area contributed by atoms with Gasteiger partial charge in [-0.1, -0.05) is 58.4 Å². The van der Waals surface area contributed by atoms with Crippen LogP contribution in [0.15, 0.2) is 30.4 Å². The van der Waals surface area contributed by atoms with E-state index in [0.717, 1.165) is 0 Å². The molecule has 1 heteroatoms. The van der Waals surface area contributed by atoms with E-state index >= 15 is 0 Å². The minimum atomic E-state index is 0.332. The average Bonchev–Trinajstić information content (AvgIpc) is 2.88. The van der Waals surface area contributed by atoms with E-state index in [1.807, 2.05) is 11.3 Å². The second-order valence-corrected chi connectivity index (χ2v) is 9.01. The first-order valence-corrected chi connectivity index (χ1v) is 9.58. The van der Waals surface area contributed by atoms with Crippen LogP contribution in [0.25, 0.3) is 0 Å². The third kappa shape index (κ3) is 4.35. The van der Waals surface area contributed by atoms with Crippen molar-refractivity contribution in [3.63, 3.8) is 0 Å². The number of thiophene rings is 1. The van der Waals surface area contributed by atoms with Crippen molar-refractivity contribution in [3.8, 4) is 0 Å². The lowest BCUT2D eigenvalue weighted by Crippen LogP contribution is -2.06. The molecule has 0 nitrogen and oxygen atoms in total. The van der Waals surface area contributed by atoms with E-state index in [2.05, 4.69) is 59.4 Å². The molecule has 1 aliphatic rings. The quantitative estimate of drug-likeness (QED) is 0.510. The molecule has 1 fully saturated rings. The zero-order valence-electron chi connectivity index (χ0n) is 15.0. The number of aryl methyl sites for hydroxylation is 2. The average molecular weight is 317 g/mol. The molecule has 1 aromatic heterocycles. The number of allylic oxidation sites excluding steroid dienone is 3. The Balaban J connectivity index is 1.90. The van der Waals surface area contributed by atoms with Gasteiger partial charge in [0, 0.05) is 9.75 Å². The summed E-state index contributed by atoms with van der Waals surface area (Å²) in [5.74, 6) is 1.33. The van der Waals surface area contributed by atoms with Gasteiger partial charge in [0.2, 0.25) is 0 Å². The van der Waals surface area contributed by atoms with Gasteiger partial charge in [0.1, 0.15) is 0 Å². The summed E-state index contributed by atoms with van der Waals surface area (Å²) in [6.07, 6.45) is 11.0. The van der Waals surface area contributed by atoms with Gasteiger partial charge in [-0.15, -0.1) is 11.3 Å². The Labute approximate surface area is 141 Å². The fourth-order valence-electron chi connectivity index (χ4n) is 3.50. The molecule has 2 rings (SSSR count). The molecule has 1 aliphatic carbocycles. The lowest BCUT2D eigenvalue weighted by molar-refractivity contribution is 0.435. The topological polar surface area (TPSA) is 0 Å². The molecule has 0 aromatic carbocycles. The predicted molar refractivity (Wildman–Crippen MR) is 101 cm³/mol. The highest BCUT2D eigenvalue weighted by molar-refractivity contribution is 7.12. The molecule has 122 valence electrons. The molecule has 1 saturated carbocycles. The van der Waals surface area contributed by atoms with Gasteiger partial charge in [-0.3, -0.25) is 0 Å². The molecule has 22 heavy (non-hydrogen) atoms. The fraction of sp³-hybridized carbons (Fsp3) is 0.619. The predicted octanol–water partition coefficient (Wildman–Crippen LogP) is 6.74. The highest BCUT2D eigenvalue weighted by Gasteiger charge is 2.32. The Bertz CT molecular complexity index is 544. The lowest BCUT2D eigenvalue weighted by atomic mass is 9.87. The highest BCUT2D eigenvalue weighted by Crippen LogP contribution is 2.45. The van der Waals surface area contributed by atoms with Crippen molar-refractivity contribution in [1.82, 2.24) is 0 Å². The third-order valence-corrected chi connectivity index (χ3v) is 6.34. The Kier molecular flexibility index (Phi) is 5.71. The van der Waals surface area contributed by atoms with Crippen LogP contribution in [0.1, 0.15) is 62.3 Å². The van der Waals surface area contributed by atoms with E-state index in [9.17, 15) is 0 Å².